The van der Waals surface area contributed by atoms with Gasteiger partial charge in [-0.05, 0) is 20.8 Å². The highest BCUT2D eigenvalue weighted by atomic mass is 19.3. The summed E-state index contributed by atoms with van der Waals surface area (Å²) in [5.41, 5.74) is 3.74. The van der Waals surface area contributed by atoms with Crippen LogP contribution in [-0.4, -0.2) is 29.1 Å². The number of carbonyl (C=O) groups excluding carboxylic acids is 1. The molecule has 4 nitrogen and oxygen atoms in total. The van der Waals surface area contributed by atoms with Crippen LogP contribution in [0.4, 0.5) is 13.6 Å². The Morgan fingerprint density at radius 3 is 2.47 bits per heavy atom. The van der Waals surface area contributed by atoms with E-state index in [2.05, 4.69) is 0 Å². The Labute approximate surface area is 86.7 Å². The number of carbonyl (C=O) groups is 1. The van der Waals surface area contributed by atoms with Crippen molar-refractivity contribution in [1.82, 2.24) is 4.90 Å². The van der Waals surface area contributed by atoms with Gasteiger partial charge in [-0.3, -0.25) is 4.90 Å². The quantitative estimate of drug-likeness (QED) is 0.675. The molecule has 6 heteroatoms. The van der Waals surface area contributed by atoms with Crippen LogP contribution in [0.2, 0.25) is 0 Å². The molecule has 1 aliphatic rings. The molecule has 0 aromatic heterocycles. The van der Waals surface area contributed by atoms with E-state index >= 15 is 0 Å². The summed E-state index contributed by atoms with van der Waals surface area (Å²) < 4.78 is 30.8. The predicted molar refractivity (Wildman–Crippen MR) is 50.2 cm³/mol. The van der Waals surface area contributed by atoms with Crippen LogP contribution in [0.3, 0.4) is 0 Å². The molecule has 0 fully saturated rings. The largest absolute Gasteiger partial charge is 0.443 e. The Bertz CT molecular complexity index is 308. The molecule has 0 saturated carbocycles. The van der Waals surface area contributed by atoms with E-state index in [1.54, 1.807) is 20.8 Å². The zero-order valence-electron chi connectivity index (χ0n) is 8.88. The van der Waals surface area contributed by atoms with Gasteiger partial charge < -0.3 is 10.5 Å². The Kier molecular flexibility index (Phi) is 2.63. The molecule has 86 valence electrons. The summed E-state index contributed by atoms with van der Waals surface area (Å²) >= 11 is 0. The standard InChI is InChI=1S/C9H14F2N2O2/c1-8(2,3)15-7(14)13-4-6(12)9(10,11)5-13/h4H,5,12H2,1-3H3. The van der Waals surface area contributed by atoms with Crippen molar-refractivity contribution in [2.24, 2.45) is 5.73 Å². The average molecular weight is 220 g/mol. The predicted octanol–water partition coefficient (Wildman–Crippen LogP) is 1.67. The van der Waals surface area contributed by atoms with Gasteiger partial charge in [0.2, 0.25) is 0 Å². The summed E-state index contributed by atoms with van der Waals surface area (Å²) in [5, 5.41) is 0. The molecule has 1 rings (SSSR count). The van der Waals surface area contributed by atoms with Crippen molar-refractivity contribution in [3.8, 4) is 0 Å². The van der Waals surface area contributed by atoms with Crippen LogP contribution in [0.5, 0.6) is 0 Å². The molecule has 1 aliphatic heterocycles. The summed E-state index contributed by atoms with van der Waals surface area (Å²) in [7, 11) is 0. The lowest BCUT2D eigenvalue weighted by molar-refractivity contribution is 0.00625. The average Bonchev–Trinajstić information content (AvgIpc) is 2.23. The molecule has 0 saturated heterocycles. The second-order valence-electron chi connectivity index (χ2n) is 4.40. The highest BCUT2D eigenvalue weighted by Crippen LogP contribution is 2.28. The number of nitrogens with zero attached hydrogens (tertiary/aromatic N) is 1. The second-order valence-corrected chi connectivity index (χ2v) is 4.40. The number of hydrogen-bond donors (Lipinski definition) is 1. The molecular weight excluding hydrogens is 206 g/mol. The Morgan fingerprint density at radius 1 is 1.60 bits per heavy atom. The minimum atomic E-state index is -3.16. The van der Waals surface area contributed by atoms with Crippen molar-refractivity contribution in [3.05, 3.63) is 11.9 Å². The fourth-order valence-electron chi connectivity index (χ4n) is 1.05. The van der Waals surface area contributed by atoms with Gasteiger partial charge in [0, 0.05) is 6.20 Å². The van der Waals surface area contributed by atoms with E-state index in [4.69, 9.17) is 10.5 Å². The third kappa shape index (κ3) is 2.81. The van der Waals surface area contributed by atoms with Gasteiger partial charge in [0.25, 0.3) is 0 Å². The van der Waals surface area contributed by atoms with E-state index in [0.29, 0.717) is 0 Å². The van der Waals surface area contributed by atoms with Crippen LogP contribution in [0, 0.1) is 0 Å². The number of rotatable bonds is 0. The van der Waals surface area contributed by atoms with Crippen molar-refractivity contribution in [2.75, 3.05) is 6.54 Å². The van der Waals surface area contributed by atoms with Gasteiger partial charge in [-0.15, -0.1) is 0 Å². The van der Waals surface area contributed by atoms with Crippen LogP contribution in [0.1, 0.15) is 20.8 Å². The SMILES string of the molecule is CC(C)(C)OC(=O)N1C=C(N)C(F)(F)C1. The lowest BCUT2D eigenvalue weighted by Gasteiger charge is -2.23. The van der Waals surface area contributed by atoms with E-state index in [-0.39, 0.29) is 0 Å². The third-order valence-electron chi connectivity index (χ3n) is 1.71. The molecule has 1 amide bonds. The Morgan fingerprint density at radius 2 is 2.13 bits per heavy atom. The summed E-state index contributed by atoms with van der Waals surface area (Å²) in [6.07, 6.45) is 0.0938. The maximum Gasteiger partial charge on any atom is 0.414 e. The molecule has 0 aromatic rings. The zero-order chi connectivity index (χ0) is 11.9. The van der Waals surface area contributed by atoms with E-state index < -0.39 is 29.9 Å². The van der Waals surface area contributed by atoms with E-state index in [1.807, 2.05) is 0 Å². The number of halogens is 2. The molecular formula is C9H14F2N2O2. The lowest BCUT2D eigenvalue weighted by atomic mass is 10.2. The maximum absolute atomic E-state index is 12.9. The first kappa shape index (κ1) is 11.7. The molecule has 0 spiro atoms. The highest BCUT2D eigenvalue weighted by molar-refractivity contribution is 5.70. The monoisotopic (exact) mass is 220 g/mol. The molecule has 0 radical (unpaired) electrons. The minimum absolute atomic E-state index is 0.617. The number of amides is 1. The fourth-order valence-corrected chi connectivity index (χ4v) is 1.05. The first-order valence-electron chi connectivity index (χ1n) is 4.47. The minimum Gasteiger partial charge on any atom is -0.443 e. The number of nitrogens with two attached hydrogens (primary N) is 1. The summed E-state index contributed by atoms with van der Waals surface area (Å²) in [6.45, 7) is 4.22. The number of ether oxygens (including phenoxy) is 1. The Hall–Kier alpha value is -1.33. The lowest BCUT2D eigenvalue weighted by Crippen LogP contribution is -2.36. The van der Waals surface area contributed by atoms with Crippen LogP contribution >= 0.6 is 0 Å². The molecule has 15 heavy (non-hydrogen) atoms. The molecule has 1 heterocycles. The van der Waals surface area contributed by atoms with Gasteiger partial charge in [0.15, 0.2) is 0 Å². The molecule has 0 aliphatic carbocycles. The number of hydrogen-bond acceptors (Lipinski definition) is 3. The third-order valence-corrected chi connectivity index (χ3v) is 1.71. The smallest absolute Gasteiger partial charge is 0.414 e. The van der Waals surface area contributed by atoms with Gasteiger partial charge in [0.1, 0.15) is 5.60 Å². The van der Waals surface area contributed by atoms with Crippen molar-refractivity contribution in [2.45, 2.75) is 32.3 Å². The van der Waals surface area contributed by atoms with Crippen LogP contribution in [0.15, 0.2) is 11.9 Å². The van der Waals surface area contributed by atoms with Crippen molar-refractivity contribution in [3.63, 3.8) is 0 Å². The normalized spacial score (nSPS) is 20.1. The second kappa shape index (κ2) is 3.36. The maximum atomic E-state index is 12.9. The van der Waals surface area contributed by atoms with Crippen molar-refractivity contribution in [1.29, 1.82) is 0 Å². The first-order valence-corrected chi connectivity index (χ1v) is 4.47. The molecule has 0 bridgehead atoms. The topological polar surface area (TPSA) is 55.6 Å². The first-order chi connectivity index (χ1) is 6.62. The zero-order valence-corrected chi connectivity index (χ0v) is 8.88. The molecule has 0 atom stereocenters. The van der Waals surface area contributed by atoms with E-state index in [9.17, 15) is 13.6 Å². The summed E-state index contributed by atoms with van der Waals surface area (Å²) in [5.74, 6) is -3.16. The fraction of sp³-hybridized carbons (Fsp3) is 0.667. The summed E-state index contributed by atoms with van der Waals surface area (Å²) in [4.78, 5) is 12.1. The number of alkyl halides is 2. The van der Waals surface area contributed by atoms with E-state index in [0.717, 1.165) is 11.1 Å². The molecule has 2 N–H and O–H groups in total. The van der Waals surface area contributed by atoms with Gasteiger partial charge in [-0.1, -0.05) is 0 Å². The Balaban J connectivity index is 2.67. The van der Waals surface area contributed by atoms with Crippen LogP contribution < -0.4 is 5.73 Å². The molecule has 0 aromatic carbocycles. The van der Waals surface area contributed by atoms with Crippen LogP contribution in [-0.2, 0) is 4.74 Å². The van der Waals surface area contributed by atoms with Gasteiger partial charge in [0.05, 0.1) is 12.2 Å². The summed E-state index contributed by atoms with van der Waals surface area (Å²) in [6, 6.07) is 0. The highest BCUT2D eigenvalue weighted by Gasteiger charge is 2.43. The molecule has 0 unspecified atom stereocenters. The van der Waals surface area contributed by atoms with Crippen molar-refractivity contribution < 1.29 is 18.3 Å². The van der Waals surface area contributed by atoms with Gasteiger partial charge in [-0.2, -0.15) is 8.78 Å². The van der Waals surface area contributed by atoms with Crippen molar-refractivity contribution >= 4 is 6.09 Å². The van der Waals surface area contributed by atoms with Crippen LogP contribution in [0.25, 0.3) is 0 Å². The van der Waals surface area contributed by atoms with Gasteiger partial charge in [-0.25, -0.2) is 4.79 Å². The van der Waals surface area contributed by atoms with E-state index in [1.165, 1.54) is 0 Å². The van der Waals surface area contributed by atoms with Gasteiger partial charge >= 0.3 is 12.0 Å².